The van der Waals surface area contributed by atoms with Crippen molar-refractivity contribution in [3.8, 4) is 0 Å². The molecule has 1 atom stereocenters. The lowest BCUT2D eigenvalue weighted by atomic mass is 9.77. The van der Waals surface area contributed by atoms with Crippen LogP contribution in [-0.4, -0.2) is 45.2 Å². The maximum absolute atomic E-state index is 11.8. The smallest absolute Gasteiger partial charge is 0.320 e. The van der Waals surface area contributed by atoms with Crippen LogP contribution in [0.4, 0.5) is 0 Å². The molecule has 0 radical (unpaired) electrons. The Morgan fingerprint density at radius 1 is 1.16 bits per heavy atom. The zero-order valence-corrected chi connectivity index (χ0v) is 11.3. The van der Waals surface area contributed by atoms with Gasteiger partial charge in [-0.15, -0.1) is 0 Å². The second-order valence-corrected chi connectivity index (χ2v) is 4.99. The maximum Gasteiger partial charge on any atom is 0.320 e. The van der Waals surface area contributed by atoms with Crippen molar-refractivity contribution >= 4 is 11.9 Å². The summed E-state index contributed by atoms with van der Waals surface area (Å²) in [7, 11) is 2.55. The van der Waals surface area contributed by atoms with Crippen molar-refractivity contribution in [1.82, 2.24) is 0 Å². The first-order chi connectivity index (χ1) is 9.12. The molecule has 1 saturated heterocycles. The van der Waals surface area contributed by atoms with Crippen molar-refractivity contribution in [3.05, 3.63) is 0 Å². The molecule has 0 aromatic carbocycles. The summed E-state index contributed by atoms with van der Waals surface area (Å²) in [5.74, 6) is -2.77. The van der Waals surface area contributed by atoms with Crippen molar-refractivity contribution in [2.75, 3.05) is 27.4 Å². The van der Waals surface area contributed by atoms with Gasteiger partial charge in [0.1, 0.15) is 0 Å². The van der Waals surface area contributed by atoms with E-state index in [4.69, 9.17) is 18.9 Å². The van der Waals surface area contributed by atoms with Crippen LogP contribution in [0, 0.1) is 11.8 Å². The molecule has 2 aliphatic rings. The van der Waals surface area contributed by atoms with Crippen molar-refractivity contribution in [2.45, 2.75) is 31.5 Å². The van der Waals surface area contributed by atoms with Crippen molar-refractivity contribution < 1.29 is 28.5 Å². The van der Waals surface area contributed by atoms with Crippen LogP contribution in [0.15, 0.2) is 0 Å². The minimum absolute atomic E-state index is 0.160. The Kier molecular flexibility index (Phi) is 4.42. The van der Waals surface area contributed by atoms with Gasteiger partial charge in [0.15, 0.2) is 11.7 Å². The molecule has 6 heteroatoms. The first-order valence-corrected chi connectivity index (χ1v) is 6.55. The number of esters is 2. The fourth-order valence-corrected chi connectivity index (χ4v) is 3.02. The lowest BCUT2D eigenvalue weighted by Crippen LogP contribution is -2.43. The highest BCUT2D eigenvalue weighted by Gasteiger charge is 2.47. The van der Waals surface area contributed by atoms with E-state index in [0.717, 1.165) is 19.3 Å². The third kappa shape index (κ3) is 2.90. The Balaban J connectivity index is 2.12. The van der Waals surface area contributed by atoms with Crippen LogP contribution in [0.1, 0.15) is 25.7 Å². The Labute approximate surface area is 112 Å². The molecule has 1 unspecified atom stereocenters. The van der Waals surface area contributed by atoms with Crippen LogP contribution >= 0.6 is 0 Å². The van der Waals surface area contributed by atoms with Gasteiger partial charge in [-0.05, 0) is 18.8 Å². The summed E-state index contributed by atoms with van der Waals surface area (Å²) in [5, 5.41) is 0. The summed E-state index contributed by atoms with van der Waals surface area (Å²) in [4.78, 5) is 23.6. The van der Waals surface area contributed by atoms with E-state index < -0.39 is 23.6 Å². The van der Waals surface area contributed by atoms with E-state index >= 15 is 0 Å². The van der Waals surface area contributed by atoms with E-state index in [1.807, 2.05) is 0 Å². The molecule has 0 aromatic rings. The van der Waals surface area contributed by atoms with Crippen LogP contribution in [0.2, 0.25) is 0 Å². The van der Waals surface area contributed by atoms with E-state index in [1.165, 1.54) is 14.2 Å². The van der Waals surface area contributed by atoms with Gasteiger partial charge in [0, 0.05) is 12.8 Å². The summed E-state index contributed by atoms with van der Waals surface area (Å²) in [5.41, 5.74) is 0. The Hall–Kier alpha value is -1.14. The summed E-state index contributed by atoms with van der Waals surface area (Å²) in [6, 6.07) is 0. The molecule has 1 heterocycles. The number of carbonyl (C=O) groups is 2. The monoisotopic (exact) mass is 272 g/mol. The average molecular weight is 272 g/mol. The van der Waals surface area contributed by atoms with Crippen molar-refractivity contribution in [2.24, 2.45) is 11.8 Å². The predicted octanol–water partition coefficient (Wildman–Crippen LogP) is 0.882. The standard InChI is InChI=1S/C13H20O6/c1-16-11(14)10(12(15)17-2)9-4-3-5-13(8-9)18-6-7-19-13/h9-10H,3-8H2,1-2H3. The Bertz CT molecular complexity index is 331. The molecule has 0 N–H and O–H groups in total. The van der Waals surface area contributed by atoms with Crippen LogP contribution in [0.25, 0.3) is 0 Å². The number of rotatable bonds is 3. The van der Waals surface area contributed by atoms with E-state index in [9.17, 15) is 9.59 Å². The zero-order chi connectivity index (χ0) is 13.9. The van der Waals surface area contributed by atoms with Gasteiger partial charge in [-0.3, -0.25) is 9.59 Å². The molecule has 1 saturated carbocycles. The summed E-state index contributed by atoms with van der Waals surface area (Å²) < 4.78 is 20.8. The highest BCUT2D eigenvalue weighted by Crippen LogP contribution is 2.42. The lowest BCUT2D eigenvalue weighted by Gasteiger charge is -2.37. The summed E-state index contributed by atoms with van der Waals surface area (Å²) in [6.07, 6.45) is 2.96. The van der Waals surface area contributed by atoms with E-state index in [0.29, 0.717) is 19.6 Å². The number of methoxy groups -OCH3 is 2. The first-order valence-electron chi connectivity index (χ1n) is 6.55. The molecular weight excluding hydrogens is 252 g/mol. The minimum atomic E-state index is -0.889. The molecule has 0 bridgehead atoms. The largest absolute Gasteiger partial charge is 0.468 e. The summed E-state index contributed by atoms with van der Waals surface area (Å²) >= 11 is 0. The second-order valence-electron chi connectivity index (χ2n) is 4.99. The topological polar surface area (TPSA) is 71.1 Å². The Morgan fingerprint density at radius 2 is 1.74 bits per heavy atom. The van der Waals surface area contributed by atoms with Gasteiger partial charge >= 0.3 is 11.9 Å². The molecule has 6 nitrogen and oxygen atoms in total. The van der Waals surface area contributed by atoms with Gasteiger partial charge in [-0.1, -0.05) is 0 Å². The molecule has 1 aliphatic heterocycles. The number of carbonyl (C=O) groups excluding carboxylic acids is 2. The number of hydrogen-bond donors (Lipinski definition) is 0. The van der Waals surface area contributed by atoms with Gasteiger partial charge < -0.3 is 18.9 Å². The fourth-order valence-electron chi connectivity index (χ4n) is 3.02. The van der Waals surface area contributed by atoms with Crippen LogP contribution in [0.5, 0.6) is 0 Å². The third-order valence-electron chi connectivity index (χ3n) is 3.90. The van der Waals surface area contributed by atoms with E-state index in [1.54, 1.807) is 0 Å². The van der Waals surface area contributed by atoms with Gasteiger partial charge in [-0.2, -0.15) is 0 Å². The Morgan fingerprint density at radius 3 is 2.26 bits per heavy atom. The van der Waals surface area contributed by atoms with Crippen LogP contribution in [0.3, 0.4) is 0 Å². The SMILES string of the molecule is COC(=O)C(C(=O)OC)C1CCCC2(C1)OCCO2. The minimum Gasteiger partial charge on any atom is -0.468 e. The second kappa shape index (κ2) is 5.88. The highest BCUT2D eigenvalue weighted by atomic mass is 16.7. The molecular formula is C13H20O6. The van der Waals surface area contributed by atoms with Crippen molar-refractivity contribution in [3.63, 3.8) is 0 Å². The van der Waals surface area contributed by atoms with Crippen LogP contribution < -0.4 is 0 Å². The van der Waals surface area contributed by atoms with Gasteiger partial charge in [0.2, 0.25) is 0 Å². The normalized spacial score (nSPS) is 25.5. The van der Waals surface area contributed by atoms with E-state index in [-0.39, 0.29) is 5.92 Å². The van der Waals surface area contributed by atoms with Gasteiger partial charge in [-0.25, -0.2) is 0 Å². The molecule has 108 valence electrons. The van der Waals surface area contributed by atoms with Gasteiger partial charge in [0.05, 0.1) is 27.4 Å². The zero-order valence-electron chi connectivity index (χ0n) is 11.3. The summed E-state index contributed by atoms with van der Waals surface area (Å²) in [6.45, 7) is 1.13. The molecule has 2 fully saturated rings. The highest BCUT2D eigenvalue weighted by molar-refractivity contribution is 5.95. The van der Waals surface area contributed by atoms with Crippen molar-refractivity contribution in [1.29, 1.82) is 0 Å². The fraction of sp³-hybridized carbons (Fsp3) is 0.846. The number of hydrogen-bond acceptors (Lipinski definition) is 6. The van der Waals surface area contributed by atoms with E-state index in [2.05, 4.69) is 0 Å². The molecule has 19 heavy (non-hydrogen) atoms. The quantitative estimate of drug-likeness (QED) is 0.561. The molecule has 1 aliphatic carbocycles. The molecule has 0 amide bonds. The molecule has 2 rings (SSSR count). The maximum atomic E-state index is 11.8. The lowest BCUT2D eigenvalue weighted by molar-refractivity contribution is -0.196. The van der Waals surface area contributed by atoms with Crippen LogP contribution in [-0.2, 0) is 28.5 Å². The molecule has 1 spiro atoms. The van der Waals surface area contributed by atoms with Gasteiger partial charge in [0.25, 0.3) is 0 Å². The average Bonchev–Trinajstić information content (AvgIpc) is 2.86. The molecule has 0 aromatic heterocycles. The third-order valence-corrected chi connectivity index (χ3v) is 3.90. The predicted molar refractivity (Wildman–Crippen MR) is 64.1 cm³/mol. The first kappa shape index (κ1) is 14.3. The number of ether oxygens (including phenoxy) is 4.